The third-order valence-corrected chi connectivity index (χ3v) is 3.27. The number of hydrogen-bond acceptors (Lipinski definition) is 4. The van der Waals surface area contributed by atoms with E-state index in [1.165, 1.54) is 11.3 Å². The van der Waals surface area contributed by atoms with E-state index in [2.05, 4.69) is 4.98 Å². The minimum absolute atomic E-state index is 0.148. The summed E-state index contributed by atoms with van der Waals surface area (Å²) in [6.07, 6.45) is 2.27. The molecule has 0 atom stereocenters. The van der Waals surface area contributed by atoms with E-state index >= 15 is 0 Å². The minimum atomic E-state index is -0.969. The van der Waals surface area contributed by atoms with Crippen LogP contribution in [0.25, 0.3) is 0 Å². The van der Waals surface area contributed by atoms with Crippen molar-refractivity contribution < 1.29 is 9.90 Å². The molecule has 0 unspecified atom stereocenters. The fourth-order valence-electron chi connectivity index (χ4n) is 1.18. The highest BCUT2D eigenvalue weighted by Gasteiger charge is 2.29. The SMILES string of the molecule is NCc1sc(C2CC2)nc1C(=O)O. The molecular formula is C8H10N2O2S. The van der Waals surface area contributed by atoms with Crippen LogP contribution in [-0.4, -0.2) is 16.1 Å². The molecule has 5 heteroatoms. The predicted molar refractivity (Wildman–Crippen MR) is 48.9 cm³/mol. The van der Waals surface area contributed by atoms with Crippen molar-refractivity contribution in [1.29, 1.82) is 0 Å². The molecule has 0 spiro atoms. The second-order valence-corrected chi connectivity index (χ2v) is 4.22. The highest BCUT2D eigenvalue weighted by Crippen LogP contribution is 2.42. The van der Waals surface area contributed by atoms with E-state index in [4.69, 9.17) is 10.8 Å². The smallest absolute Gasteiger partial charge is 0.355 e. The number of carboxylic acids is 1. The lowest BCUT2D eigenvalue weighted by molar-refractivity contribution is 0.0690. The molecule has 1 aromatic rings. The van der Waals surface area contributed by atoms with Crippen molar-refractivity contribution >= 4 is 17.3 Å². The van der Waals surface area contributed by atoms with Crippen molar-refractivity contribution in [2.24, 2.45) is 5.73 Å². The molecular weight excluding hydrogens is 188 g/mol. The number of carbonyl (C=O) groups is 1. The van der Waals surface area contributed by atoms with Gasteiger partial charge in [0.15, 0.2) is 5.69 Å². The second-order valence-electron chi connectivity index (χ2n) is 3.11. The lowest BCUT2D eigenvalue weighted by Gasteiger charge is -1.89. The number of rotatable bonds is 3. The average Bonchev–Trinajstić information content (AvgIpc) is 2.84. The largest absolute Gasteiger partial charge is 0.476 e. The van der Waals surface area contributed by atoms with Gasteiger partial charge in [0, 0.05) is 12.5 Å². The molecule has 0 amide bonds. The minimum Gasteiger partial charge on any atom is -0.476 e. The molecule has 2 rings (SSSR count). The van der Waals surface area contributed by atoms with Crippen LogP contribution in [0.4, 0.5) is 0 Å². The highest BCUT2D eigenvalue weighted by atomic mass is 32.1. The summed E-state index contributed by atoms with van der Waals surface area (Å²) >= 11 is 1.44. The van der Waals surface area contributed by atoms with E-state index < -0.39 is 5.97 Å². The fourth-order valence-corrected chi connectivity index (χ4v) is 2.28. The summed E-state index contributed by atoms with van der Waals surface area (Å²) in [4.78, 5) is 15.5. The fraction of sp³-hybridized carbons (Fsp3) is 0.500. The summed E-state index contributed by atoms with van der Waals surface area (Å²) in [5, 5.41) is 9.74. The summed E-state index contributed by atoms with van der Waals surface area (Å²) in [5.74, 6) is -0.466. The summed E-state index contributed by atoms with van der Waals surface area (Å²) in [6.45, 7) is 0.270. The van der Waals surface area contributed by atoms with Gasteiger partial charge in [0.25, 0.3) is 0 Å². The average molecular weight is 198 g/mol. The lowest BCUT2D eigenvalue weighted by atomic mass is 10.3. The molecule has 1 aromatic heterocycles. The van der Waals surface area contributed by atoms with E-state index in [9.17, 15) is 4.79 Å². The molecule has 0 aliphatic heterocycles. The van der Waals surface area contributed by atoms with Crippen LogP contribution < -0.4 is 5.73 Å². The number of thiazole rings is 1. The standard InChI is InChI=1S/C8H10N2O2S/c9-3-5-6(8(11)12)10-7(13-5)4-1-2-4/h4H,1-3,9H2,(H,11,12). The molecule has 1 aliphatic rings. The van der Waals surface area contributed by atoms with Gasteiger partial charge in [-0.3, -0.25) is 0 Å². The molecule has 0 radical (unpaired) electrons. The van der Waals surface area contributed by atoms with Crippen LogP contribution in [0.2, 0.25) is 0 Å². The Balaban J connectivity index is 2.36. The third kappa shape index (κ3) is 1.57. The van der Waals surface area contributed by atoms with E-state index in [0.29, 0.717) is 10.8 Å². The van der Waals surface area contributed by atoms with E-state index in [1.807, 2.05) is 0 Å². The maximum Gasteiger partial charge on any atom is 0.355 e. The van der Waals surface area contributed by atoms with Gasteiger partial charge in [0.1, 0.15) is 0 Å². The van der Waals surface area contributed by atoms with Crippen LogP contribution in [0.15, 0.2) is 0 Å². The first kappa shape index (κ1) is 8.65. The van der Waals surface area contributed by atoms with Gasteiger partial charge < -0.3 is 10.8 Å². The van der Waals surface area contributed by atoms with E-state index in [1.54, 1.807) is 0 Å². The first-order valence-corrected chi connectivity index (χ1v) is 4.97. The van der Waals surface area contributed by atoms with Crippen LogP contribution >= 0.6 is 11.3 Å². The zero-order valence-corrected chi connectivity index (χ0v) is 7.80. The van der Waals surface area contributed by atoms with Gasteiger partial charge in [-0.2, -0.15) is 0 Å². The zero-order chi connectivity index (χ0) is 9.42. The summed E-state index contributed by atoms with van der Waals surface area (Å²) < 4.78 is 0. The van der Waals surface area contributed by atoms with Crippen molar-refractivity contribution in [1.82, 2.24) is 4.98 Å². The van der Waals surface area contributed by atoms with Gasteiger partial charge in [-0.25, -0.2) is 9.78 Å². The molecule has 0 saturated heterocycles. The Morgan fingerprint density at radius 3 is 2.77 bits per heavy atom. The number of hydrogen-bond donors (Lipinski definition) is 2. The quantitative estimate of drug-likeness (QED) is 0.764. The van der Waals surface area contributed by atoms with Gasteiger partial charge >= 0.3 is 5.97 Å². The van der Waals surface area contributed by atoms with Gasteiger partial charge in [0.2, 0.25) is 0 Å². The molecule has 70 valence electrons. The van der Waals surface area contributed by atoms with E-state index in [0.717, 1.165) is 17.8 Å². The van der Waals surface area contributed by atoms with Crippen LogP contribution in [0, 0.1) is 0 Å². The number of aromatic carboxylic acids is 1. The molecule has 0 aromatic carbocycles. The number of nitrogens with zero attached hydrogens (tertiary/aromatic N) is 1. The number of carboxylic acid groups (broad SMARTS) is 1. The van der Waals surface area contributed by atoms with Crippen LogP contribution in [-0.2, 0) is 6.54 Å². The molecule has 13 heavy (non-hydrogen) atoms. The molecule has 0 bridgehead atoms. The van der Waals surface area contributed by atoms with Crippen LogP contribution in [0.5, 0.6) is 0 Å². The predicted octanol–water partition coefficient (Wildman–Crippen LogP) is 1.18. The van der Waals surface area contributed by atoms with Gasteiger partial charge in [-0.1, -0.05) is 0 Å². The molecule has 1 fully saturated rings. The van der Waals surface area contributed by atoms with Crippen molar-refractivity contribution in [3.05, 3.63) is 15.6 Å². The van der Waals surface area contributed by atoms with Crippen molar-refractivity contribution in [2.75, 3.05) is 0 Å². The van der Waals surface area contributed by atoms with Crippen LogP contribution in [0.3, 0.4) is 0 Å². The van der Waals surface area contributed by atoms with Gasteiger partial charge in [0.05, 0.1) is 9.88 Å². The molecule has 1 aliphatic carbocycles. The Morgan fingerprint density at radius 1 is 1.69 bits per heavy atom. The summed E-state index contributed by atoms with van der Waals surface area (Å²) in [5.41, 5.74) is 5.58. The molecule has 4 nitrogen and oxygen atoms in total. The maximum atomic E-state index is 10.7. The summed E-state index contributed by atoms with van der Waals surface area (Å²) in [7, 11) is 0. The van der Waals surface area contributed by atoms with Crippen LogP contribution in [0.1, 0.15) is 39.1 Å². The molecule has 1 saturated carbocycles. The monoisotopic (exact) mass is 198 g/mol. The maximum absolute atomic E-state index is 10.7. The molecule has 3 N–H and O–H groups in total. The first-order chi connectivity index (χ1) is 6.22. The van der Waals surface area contributed by atoms with Crippen molar-refractivity contribution in [2.45, 2.75) is 25.3 Å². The zero-order valence-electron chi connectivity index (χ0n) is 6.99. The Kier molecular flexibility index (Phi) is 2.05. The summed E-state index contributed by atoms with van der Waals surface area (Å²) in [6, 6.07) is 0. The highest BCUT2D eigenvalue weighted by molar-refractivity contribution is 7.12. The number of nitrogens with two attached hydrogens (primary N) is 1. The van der Waals surface area contributed by atoms with E-state index in [-0.39, 0.29) is 12.2 Å². The lowest BCUT2D eigenvalue weighted by Crippen LogP contribution is -2.04. The van der Waals surface area contributed by atoms with Gasteiger partial charge in [-0.15, -0.1) is 11.3 Å². The Hall–Kier alpha value is -0.940. The normalized spacial score (nSPS) is 16.1. The Bertz CT molecular complexity index is 344. The van der Waals surface area contributed by atoms with Crippen molar-refractivity contribution in [3.63, 3.8) is 0 Å². The molecule has 1 heterocycles. The van der Waals surface area contributed by atoms with Crippen molar-refractivity contribution in [3.8, 4) is 0 Å². The first-order valence-electron chi connectivity index (χ1n) is 4.15. The number of aromatic nitrogens is 1. The second kappa shape index (κ2) is 3.08. The topological polar surface area (TPSA) is 76.2 Å². The Labute approximate surface area is 79.4 Å². The Morgan fingerprint density at radius 2 is 2.38 bits per heavy atom. The third-order valence-electron chi connectivity index (χ3n) is 2.03. The van der Waals surface area contributed by atoms with Gasteiger partial charge in [-0.05, 0) is 12.8 Å².